The van der Waals surface area contributed by atoms with Crippen molar-refractivity contribution in [2.24, 2.45) is 0 Å². The Kier molecular flexibility index (Phi) is 6.00. The fourth-order valence-electron chi connectivity index (χ4n) is 2.88. The van der Waals surface area contributed by atoms with Crippen molar-refractivity contribution >= 4 is 23.2 Å². The zero-order valence-electron chi connectivity index (χ0n) is 14.7. The fraction of sp³-hybridized carbons (Fsp3) is 0.368. The number of rotatable bonds is 5. The number of nitrogens with one attached hydrogen (secondary N) is 1. The number of carbonyl (C=O) groups is 2. The van der Waals surface area contributed by atoms with Gasteiger partial charge in [0.05, 0.1) is 13.1 Å². The van der Waals surface area contributed by atoms with Crippen molar-refractivity contribution < 1.29 is 14.0 Å². The van der Waals surface area contributed by atoms with E-state index in [1.807, 2.05) is 22.4 Å². The predicted octanol–water partition coefficient (Wildman–Crippen LogP) is 2.27. The summed E-state index contributed by atoms with van der Waals surface area (Å²) in [6, 6.07) is 8.52. The topological polar surface area (TPSA) is 52.7 Å². The van der Waals surface area contributed by atoms with Gasteiger partial charge >= 0.3 is 0 Å². The molecule has 1 aromatic heterocycles. The van der Waals surface area contributed by atoms with Crippen LogP contribution in [0.4, 0.5) is 4.39 Å². The number of thiophene rings is 1. The van der Waals surface area contributed by atoms with Crippen LogP contribution in [0.2, 0.25) is 0 Å². The van der Waals surface area contributed by atoms with Gasteiger partial charge in [-0.1, -0.05) is 12.1 Å². The number of aryl methyl sites for hydroxylation is 1. The van der Waals surface area contributed by atoms with Crippen LogP contribution in [-0.4, -0.2) is 54.3 Å². The summed E-state index contributed by atoms with van der Waals surface area (Å²) in [6.45, 7) is 4.88. The largest absolute Gasteiger partial charge is 0.350 e. The highest BCUT2D eigenvalue weighted by atomic mass is 32.1. The number of piperazine rings is 1. The Hall–Kier alpha value is -2.25. The van der Waals surface area contributed by atoms with Gasteiger partial charge in [0.25, 0.3) is 5.91 Å². The van der Waals surface area contributed by atoms with Gasteiger partial charge in [-0.3, -0.25) is 14.5 Å². The van der Waals surface area contributed by atoms with Crippen molar-refractivity contribution in [1.82, 2.24) is 15.1 Å². The van der Waals surface area contributed by atoms with E-state index in [-0.39, 0.29) is 17.6 Å². The van der Waals surface area contributed by atoms with Gasteiger partial charge in [-0.15, -0.1) is 11.3 Å². The lowest BCUT2D eigenvalue weighted by Gasteiger charge is -2.34. The molecular weight excluding hydrogens is 353 g/mol. The number of benzene rings is 1. The minimum atomic E-state index is -0.364. The van der Waals surface area contributed by atoms with Gasteiger partial charge in [-0.05, 0) is 36.1 Å². The van der Waals surface area contributed by atoms with Gasteiger partial charge in [0.1, 0.15) is 5.82 Å². The first-order chi connectivity index (χ1) is 12.5. The molecule has 0 unspecified atom stereocenters. The van der Waals surface area contributed by atoms with E-state index in [0.29, 0.717) is 50.4 Å². The molecule has 2 amide bonds. The zero-order chi connectivity index (χ0) is 18.5. The molecule has 0 aliphatic carbocycles. The highest BCUT2D eigenvalue weighted by Gasteiger charge is 2.23. The van der Waals surface area contributed by atoms with Gasteiger partial charge in [0, 0.05) is 36.6 Å². The molecule has 0 spiro atoms. The predicted molar refractivity (Wildman–Crippen MR) is 99.6 cm³/mol. The monoisotopic (exact) mass is 375 g/mol. The molecule has 0 atom stereocenters. The third-order valence-corrected chi connectivity index (χ3v) is 5.36. The van der Waals surface area contributed by atoms with Crippen molar-refractivity contribution in [3.8, 4) is 0 Å². The number of carbonyl (C=O) groups excluding carboxylic acids is 2. The first-order valence-electron chi connectivity index (χ1n) is 8.60. The quantitative estimate of drug-likeness (QED) is 0.872. The molecule has 7 heteroatoms. The van der Waals surface area contributed by atoms with E-state index in [2.05, 4.69) is 5.32 Å². The number of nitrogens with zero attached hydrogens (tertiary/aromatic N) is 2. The molecule has 2 heterocycles. The molecule has 1 aliphatic rings. The first-order valence-corrected chi connectivity index (χ1v) is 9.48. The standard InChI is InChI=1S/C19H22FN3O2S/c1-14-4-5-15(11-17(14)20)19(25)23-8-6-22(7-9-23)13-18(24)21-12-16-3-2-10-26-16/h2-5,10-11H,6-9,12-13H2,1H3,(H,21,24). The number of amides is 2. The summed E-state index contributed by atoms with van der Waals surface area (Å²) in [4.78, 5) is 29.4. The van der Waals surface area contributed by atoms with Crippen LogP contribution < -0.4 is 5.32 Å². The van der Waals surface area contributed by atoms with E-state index in [9.17, 15) is 14.0 Å². The van der Waals surface area contributed by atoms with Crippen LogP contribution in [0, 0.1) is 12.7 Å². The molecule has 5 nitrogen and oxygen atoms in total. The molecule has 2 aromatic rings. The molecule has 1 aromatic carbocycles. The lowest BCUT2D eigenvalue weighted by atomic mass is 10.1. The Morgan fingerprint density at radius 2 is 1.96 bits per heavy atom. The summed E-state index contributed by atoms with van der Waals surface area (Å²) in [6.07, 6.45) is 0. The average Bonchev–Trinajstić information content (AvgIpc) is 3.16. The number of hydrogen-bond donors (Lipinski definition) is 1. The normalized spacial score (nSPS) is 15.1. The third kappa shape index (κ3) is 4.68. The maximum atomic E-state index is 13.7. The minimum Gasteiger partial charge on any atom is -0.350 e. The van der Waals surface area contributed by atoms with Gasteiger partial charge in [0.15, 0.2) is 0 Å². The molecule has 1 fully saturated rings. The summed E-state index contributed by atoms with van der Waals surface area (Å²) in [5, 5.41) is 4.90. The van der Waals surface area contributed by atoms with E-state index in [1.165, 1.54) is 6.07 Å². The molecule has 1 saturated heterocycles. The molecule has 1 aliphatic heterocycles. The highest BCUT2D eigenvalue weighted by molar-refractivity contribution is 7.09. The van der Waals surface area contributed by atoms with Gasteiger partial charge in [-0.25, -0.2) is 4.39 Å². The maximum absolute atomic E-state index is 13.7. The van der Waals surface area contributed by atoms with E-state index < -0.39 is 0 Å². The van der Waals surface area contributed by atoms with Crippen molar-refractivity contribution in [3.63, 3.8) is 0 Å². The van der Waals surface area contributed by atoms with Crippen LogP contribution in [0.25, 0.3) is 0 Å². The Morgan fingerprint density at radius 3 is 2.62 bits per heavy atom. The molecule has 138 valence electrons. The van der Waals surface area contributed by atoms with Crippen molar-refractivity contribution in [1.29, 1.82) is 0 Å². The van der Waals surface area contributed by atoms with Gasteiger partial charge in [0.2, 0.25) is 5.91 Å². The molecule has 3 rings (SSSR count). The Balaban J connectivity index is 1.45. The summed E-state index contributed by atoms with van der Waals surface area (Å²) in [7, 11) is 0. The lowest BCUT2D eigenvalue weighted by Crippen LogP contribution is -2.51. The molecular formula is C19H22FN3O2S. The Morgan fingerprint density at radius 1 is 1.19 bits per heavy atom. The molecule has 1 N–H and O–H groups in total. The number of halogens is 1. The Bertz CT molecular complexity index is 771. The van der Waals surface area contributed by atoms with Crippen LogP contribution in [-0.2, 0) is 11.3 Å². The van der Waals surface area contributed by atoms with Crippen LogP contribution in [0.15, 0.2) is 35.7 Å². The van der Waals surface area contributed by atoms with Gasteiger partial charge in [-0.2, -0.15) is 0 Å². The first kappa shape index (κ1) is 18.5. The zero-order valence-corrected chi connectivity index (χ0v) is 15.5. The number of hydrogen-bond acceptors (Lipinski definition) is 4. The van der Waals surface area contributed by atoms with E-state index in [0.717, 1.165) is 4.88 Å². The highest BCUT2D eigenvalue weighted by Crippen LogP contribution is 2.13. The fourth-order valence-corrected chi connectivity index (χ4v) is 3.52. The molecule has 0 radical (unpaired) electrons. The average molecular weight is 375 g/mol. The SMILES string of the molecule is Cc1ccc(C(=O)N2CCN(CC(=O)NCc3cccs3)CC2)cc1F. The molecule has 26 heavy (non-hydrogen) atoms. The second kappa shape index (κ2) is 8.42. The van der Waals surface area contributed by atoms with Crippen LogP contribution in [0.3, 0.4) is 0 Å². The molecule has 0 saturated carbocycles. The molecule has 0 bridgehead atoms. The van der Waals surface area contributed by atoms with Crippen molar-refractivity contribution in [3.05, 3.63) is 57.5 Å². The van der Waals surface area contributed by atoms with Crippen LogP contribution >= 0.6 is 11.3 Å². The van der Waals surface area contributed by atoms with Crippen molar-refractivity contribution in [2.75, 3.05) is 32.7 Å². The minimum absolute atomic E-state index is 0.0150. The lowest BCUT2D eigenvalue weighted by molar-refractivity contribution is -0.122. The smallest absolute Gasteiger partial charge is 0.254 e. The van der Waals surface area contributed by atoms with Crippen LogP contribution in [0.1, 0.15) is 20.8 Å². The van der Waals surface area contributed by atoms with E-state index in [4.69, 9.17) is 0 Å². The van der Waals surface area contributed by atoms with Crippen LogP contribution in [0.5, 0.6) is 0 Å². The second-order valence-corrected chi connectivity index (χ2v) is 7.42. The van der Waals surface area contributed by atoms with E-state index in [1.54, 1.807) is 35.3 Å². The Labute approximate surface area is 156 Å². The summed E-state index contributed by atoms with van der Waals surface area (Å²) in [5.74, 6) is -0.540. The van der Waals surface area contributed by atoms with E-state index >= 15 is 0 Å². The summed E-state index contributed by atoms with van der Waals surface area (Å²) in [5.41, 5.74) is 0.898. The maximum Gasteiger partial charge on any atom is 0.254 e. The second-order valence-electron chi connectivity index (χ2n) is 6.39. The van der Waals surface area contributed by atoms with Crippen molar-refractivity contribution in [2.45, 2.75) is 13.5 Å². The third-order valence-electron chi connectivity index (χ3n) is 4.49. The summed E-state index contributed by atoms with van der Waals surface area (Å²) >= 11 is 1.62. The summed E-state index contributed by atoms with van der Waals surface area (Å²) < 4.78 is 13.7. The van der Waals surface area contributed by atoms with Gasteiger partial charge < -0.3 is 10.2 Å².